The summed E-state index contributed by atoms with van der Waals surface area (Å²) in [6.45, 7) is 13.3. The third-order valence-corrected chi connectivity index (χ3v) is 5.77. The quantitative estimate of drug-likeness (QED) is 0.715. The molecule has 3 aromatic rings. The standard InChI is InChI=1S/C21H27N3/c1-3-22-11-13-23(14-12-22)16-17-9-10-21-19(15-17)18-7-5-6-8-20(18)24(21)4-2/h5-10,15H,3-4,11-14,16H2,1-2H3/p+2. The summed E-state index contributed by atoms with van der Waals surface area (Å²) in [7, 11) is 0. The van der Waals surface area contributed by atoms with Gasteiger partial charge < -0.3 is 14.4 Å². The molecule has 1 fully saturated rings. The molecular weight excluding hydrogens is 294 g/mol. The summed E-state index contributed by atoms with van der Waals surface area (Å²) < 4.78 is 2.44. The number of piperazine rings is 1. The summed E-state index contributed by atoms with van der Waals surface area (Å²) in [6, 6.07) is 15.9. The highest BCUT2D eigenvalue weighted by molar-refractivity contribution is 6.08. The molecule has 0 atom stereocenters. The highest BCUT2D eigenvalue weighted by Crippen LogP contribution is 2.29. The zero-order valence-corrected chi connectivity index (χ0v) is 14.9. The van der Waals surface area contributed by atoms with Crippen molar-refractivity contribution in [3.63, 3.8) is 0 Å². The highest BCUT2D eigenvalue weighted by atomic mass is 15.3. The first kappa shape index (κ1) is 15.7. The van der Waals surface area contributed by atoms with Crippen LogP contribution in [0.25, 0.3) is 21.8 Å². The van der Waals surface area contributed by atoms with E-state index >= 15 is 0 Å². The van der Waals surface area contributed by atoms with Gasteiger partial charge in [-0.15, -0.1) is 0 Å². The molecule has 1 aliphatic rings. The van der Waals surface area contributed by atoms with Crippen LogP contribution in [0.3, 0.4) is 0 Å². The van der Waals surface area contributed by atoms with Gasteiger partial charge in [0.1, 0.15) is 32.7 Å². The average molecular weight is 323 g/mol. The van der Waals surface area contributed by atoms with Crippen LogP contribution in [0.1, 0.15) is 19.4 Å². The van der Waals surface area contributed by atoms with Crippen LogP contribution in [0.15, 0.2) is 42.5 Å². The zero-order chi connectivity index (χ0) is 16.5. The van der Waals surface area contributed by atoms with Crippen molar-refractivity contribution in [1.29, 1.82) is 0 Å². The molecule has 3 heteroatoms. The number of fused-ring (bicyclic) bond motifs is 3. The van der Waals surface area contributed by atoms with Crippen molar-refractivity contribution in [3.05, 3.63) is 48.0 Å². The van der Waals surface area contributed by atoms with E-state index in [0.717, 1.165) is 6.54 Å². The van der Waals surface area contributed by atoms with E-state index in [1.165, 1.54) is 66.6 Å². The number of rotatable bonds is 4. The van der Waals surface area contributed by atoms with Crippen molar-refractivity contribution in [2.45, 2.75) is 26.9 Å². The van der Waals surface area contributed by atoms with Crippen molar-refractivity contribution in [1.82, 2.24) is 4.57 Å². The maximum Gasteiger partial charge on any atom is 0.127 e. The van der Waals surface area contributed by atoms with E-state index in [2.05, 4.69) is 60.9 Å². The van der Waals surface area contributed by atoms with Crippen LogP contribution in [0.5, 0.6) is 0 Å². The Bertz CT molecular complexity index is 841. The summed E-state index contributed by atoms with van der Waals surface area (Å²) in [6.07, 6.45) is 0. The minimum atomic E-state index is 1.02. The van der Waals surface area contributed by atoms with E-state index in [1.807, 2.05) is 0 Å². The molecule has 2 N–H and O–H groups in total. The first-order valence-corrected chi connectivity index (χ1v) is 9.47. The van der Waals surface area contributed by atoms with Gasteiger partial charge in [0.15, 0.2) is 0 Å². The molecule has 1 aromatic heterocycles. The Morgan fingerprint density at radius 1 is 0.833 bits per heavy atom. The minimum Gasteiger partial charge on any atom is -0.341 e. The lowest BCUT2D eigenvalue weighted by molar-refractivity contribution is -1.02. The molecular formula is C21H29N3+2. The molecule has 3 nitrogen and oxygen atoms in total. The molecule has 24 heavy (non-hydrogen) atoms. The van der Waals surface area contributed by atoms with E-state index in [9.17, 15) is 0 Å². The number of nitrogens with zero attached hydrogens (tertiary/aromatic N) is 1. The van der Waals surface area contributed by atoms with E-state index < -0.39 is 0 Å². The topological polar surface area (TPSA) is 13.8 Å². The van der Waals surface area contributed by atoms with Gasteiger partial charge in [0.2, 0.25) is 0 Å². The summed E-state index contributed by atoms with van der Waals surface area (Å²) in [4.78, 5) is 3.51. The number of hydrogen-bond acceptors (Lipinski definition) is 0. The fourth-order valence-electron chi connectivity index (χ4n) is 4.33. The lowest BCUT2D eigenvalue weighted by Crippen LogP contribution is -3.27. The Labute approximate surface area is 144 Å². The van der Waals surface area contributed by atoms with Gasteiger partial charge in [0, 0.05) is 33.9 Å². The van der Waals surface area contributed by atoms with Crippen molar-refractivity contribution in [2.24, 2.45) is 0 Å². The van der Waals surface area contributed by atoms with Crippen LogP contribution in [-0.2, 0) is 13.1 Å². The van der Waals surface area contributed by atoms with E-state index in [1.54, 1.807) is 9.80 Å². The fourth-order valence-corrected chi connectivity index (χ4v) is 4.33. The number of benzene rings is 2. The molecule has 0 radical (unpaired) electrons. The van der Waals surface area contributed by atoms with Crippen molar-refractivity contribution >= 4 is 21.8 Å². The molecule has 0 aliphatic carbocycles. The van der Waals surface area contributed by atoms with Gasteiger partial charge in [-0.1, -0.05) is 24.3 Å². The maximum absolute atomic E-state index is 2.44. The predicted octanol–water partition coefficient (Wildman–Crippen LogP) is 1.12. The second-order valence-electron chi connectivity index (χ2n) is 7.14. The zero-order valence-electron chi connectivity index (χ0n) is 14.9. The van der Waals surface area contributed by atoms with Crippen LogP contribution in [0.2, 0.25) is 0 Å². The van der Waals surface area contributed by atoms with Gasteiger partial charge in [-0.2, -0.15) is 0 Å². The summed E-state index contributed by atoms with van der Waals surface area (Å²) in [5.41, 5.74) is 4.22. The Morgan fingerprint density at radius 2 is 1.54 bits per heavy atom. The first-order chi connectivity index (χ1) is 11.8. The van der Waals surface area contributed by atoms with Crippen LogP contribution < -0.4 is 9.80 Å². The van der Waals surface area contributed by atoms with Gasteiger partial charge in [-0.25, -0.2) is 0 Å². The van der Waals surface area contributed by atoms with Gasteiger partial charge in [-0.3, -0.25) is 0 Å². The second-order valence-corrected chi connectivity index (χ2v) is 7.14. The third kappa shape index (κ3) is 2.72. The Balaban J connectivity index is 1.65. The average Bonchev–Trinajstić information content (AvgIpc) is 2.95. The van der Waals surface area contributed by atoms with Gasteiger partial charge in [-0.05, 0) is 32.0 Å². The molecule has 126 valence electrons. The normalized spacial score (nSPS) is 21.6. The number of para-hydroxylation sites is 1. The largest absolute Gasteiger partial charge is 0.341 e. The monoisotopic (exact) mass is 323 g/mol. The highest BCUT2D eigenvalue weighted by Gasteiger charge is 2.21. The number of hydrogen-bond donors (Lipinski definition) is 2. The van der Waals surface area contributed by atoms with Crippen LogP contribution in [0, 0.1) is 0 Å². The molecule has 1 saturated heterocycles. The Hall–Kier alpha value is -1.84. The molecule has 2 heterocycles. The molecule has 2 aromatic carbocycles. The molecule has 1 aliphatic heterocycles. The van der Waals surface area contributed by atoms with Gasteiger partial charge in [0.05, 0.1) is 6.54 Å². The lowest BCUT2D eigenvalue weighted by Gasteiger charge is -2.29. The second kappa shape index (κ2) is 6.58. The number of aromatic nitrogens is 1. The van der Waals surface area contributed by atoms with Gasteiger partial charge in [0.25, 0.3) is 0 Å². The van der Waals surface area contributed by atoms with E-state index in [4.69, 9.17) is 0 Å². The number of quaternary nitrogens is 2. The summed E-state index contributed by atoms with van der Waals surface area (Å²) in [5.74, 6) is 0. The SMILES string of the molecule is CCn1c2ccccc2c2cc(C[NH+]3CC[NH+](CC)CC3)ccc21. The minimum absolute atomic E-state index is 1.02. The van der Waals surface area contributed by atoms with E-state index in [-0.39, 0.29) is 0 Å². The molecule has 0 saturated carbocycles. The van der Waals surface area contributed by atoms with E-state index in [0.29, 0.717) is 0 Å². The smallest absolute Gasteiger partial charge is 0.127 e. The summed E-state index contributed by atoms with van der Waals surface area (Å²) >= 11 is 0. The predicted molar refractivity (Wildman–Crippen MR) is 101 cm³/mol. The van der Waals surface area contributed by atoms with Crippen molar-refractivity contribution < 1.29 is 9.80 Å². The number of likely N-dealkylation sites (N-methyl/N-ethyl adjacent to an activating group) is 1. The fraction of sp³-hybridized carbons (Fsp3) is 0.429. The van der Waals surface area contributed by atoms with Gasteiger partial charge >= 0.3 is 0 Å². The molecule has 0 bridgehead atoms. The number of nitrogens with one attached hydrogen (secondary N) is 2. The van der Waals surface area contributed by atoms with Crippen molar-refractivity contribution in [3.8, 4) is 0 Å². The Kier molecular flexibility index (Phi) is 4.30. The summed E-state index contributed by atoms with van der Waals surface area (Å²) in [5, 5.41) is 2.81. The van der Waals surface area contributed by atoms with Crippen LogP contribution >= 0.6 is 0 Å². The van der Waals surface area contributed by atoms with Crippen LogP contribution in [-0.4, -0.2) is 37.3 Å². The molecule has 0 unspecified atom stereocenters. The molecule has 0 amide bonds. The number of aryl methyl sites for hydroxylation is 1. The van der Waals surface area contributed by atoms with Crippen LogP contribution in [0.4, 0.5) is 0 Å². The third-order valence-electron chi connectivity index (χ3n) is 5.77. The maximum atomic E-state index is 2.44. The lowest BCUT2D eigenvalue weighted by atomic mass is 10.1. The molecule has 4 rings (SSSR count). The molecule has 0 spiro atoms. The Morgan fingerprint density at radius 3 is 2.29 bits per heavy atom. The van der Waals surface area contributed by atoms with Crippen molar-refractivity contribution in [2.75, 3.05) is 32.7 Å². The first-order valence-electron chi connectivity index (χ1n) is 9.47.